The summed E-state index contributed by atoms with van der Waals surface area (Å²) in [6.07, 6.45) is -4.86. The average molecular weight is 246 g/mol. The summed E-state index contributed by atoms with van der Waals surface area (Å²) in [5, 5.41) is 0. The molecule has 2 nitrogen and oxygen atoms in total. The van der Waals surface area contributed by atoms with Gasteiger partial charge in [-0.05, 0) is 24.2 Å². The topological polar surface area (TPSA) is 29.3 Å². The van der Waals surface area contributed by atoms with Crippen molar-refractivity contribution >= 4 is 5.69 Å². The van der Waals surface area contributed by atoms with Crippen LogP contribution < -0.4 is 5.73 Å². The van der Waals surface area contributed by atoms with E-state index in [9.17, 15) is 13.2 Å². The van der Waals surface area contributed by atoms with E-state index >= 15 is 0 Å². The third kappa shape index (κ3) is 5.58. The van der Waals surface area contributed by atoms with Crippen LogP contribution in [0.4, 0.5) is 18.9 Å². The van der Waals surface area contributed by atoms with Gasteiger partial charge in [0.1, 0.15) is 0 Å². The summed E-state index contributed by atoms with van der Waals surface area (Å²) in [6.45, 7) is 3.01. The van der Waals surface area contributed by atoms with E-state index in [1.165, 1.54) is 0 Å². The minimum absolute atomic E-state index is 0.0321. The summed E-state index contributed by atoms with van der Waals surface area (Å²) < 4.78 is 36.3. The normalized spacial score (nSPS) is 12.1. The van der Waals surface area contributed by atoms with Gasteiger partial charge >= 0.3 is 6.18 Å². The van der Waals surface area contributed by atoms with Crippen molar-refractivity contribution in [2.24, 2.45) is 0 Å². The quantitative estimate of drug-likeness (QED) is 0.809. The fourth-order valence-electron chi connectivity index (χ4n) is 1.52. The zero-order valence-corrected chi connectivity index (χ0v) is 9.80. The zero-order valence-electron chi connectivity index (χ0n) is 9.80. The predicted molar refractivity (Wildman–Crippen MR) is 62.5 cm³/mol. The van der Waals surface area contributed by atoms with Gasteiger partial charge in [0, 0.05) is 18.8 Å². The fourth-order valence-corrected chi connectivity index (χ4v) is 1.52. The summed E-state index contributed by atoms with van der Waals surface area (Å²) in [5.74, 6) is 0. The molecule has 17 heavy (non-hydrogen) atoms. The van der Waals surface area contributed by atoms with Crippen LogP contribution in [0.15, 0.2) is 24.3 Å². The standard InChI is InChI=1S/C12H17F3N2/c1-2-17(8-7-12(13,14)15)9-10-3-5-11(16)6-4-10/h3-6H,2,7-9,16H2,1H3. The van der Waals surface area contributed by atoms with E-state index in [4.69, 9.17) is 5.73 Å². The molecule has 1 aromatic rings. The number of rotatable bonds is 5. The van der Waals surface area contributed by atoms with Crippen molar-refractivity contribution in [3.63, 3.8) is 0 Å². The van der Waals surface area contributed by atoms with E-state index in [-0.39, 0.29) is 6.54 Å². The third-order valence-electron chi connectivity index (χ3n) is 2.54. The van der Waals surface area contributed by atoms with Crippen molar-refractivity contribution in [2.75, 3.05) is 18.8 Å². The van der Waals surface area contributed by atoms with Crippen molar-refractivity contribution in [1.29, 1.82) is 0 Å². The number of halogens is 3. The van der Waals surface area contributed by atoms with Gasteiger partial charge in [0.05, 0.1) is 6.42 Å². The summed E-state index contributed by atoms with van der Waals surface area (Å²) in [5.41, 5.74) is 7.18. The van der Waals surface area contributed by atoms with Crippen LogP contribution >= 0.6 is 0 Å². The Hall–Kier alpha value is -1.23. The van der Waals surface area contributed by atoms with Crippen LogP contribution in [-0.2, 0) is 6.54 Å². The number of alkyl halides is 3. The number of nitrogens with two attached hydrogens (primary N) is 1. The highest BCUT2D eigenvalue weighted by atomic mass is 19.4. The van der Waals surface area contributed by atoms with Gasteiger partial charge in [0.2, 0.25) is 0 Å². The van der Waals surface area contributed by atoms with Crippen molar-refractivity contribution in [1.82, 2.24) is 4.90 Å². The molecule has 0 aliphatic heterocycles. The molecule has 0 fully saturated rings. The number of anilines is 1. The monoisotopic (exact) mass is 246 g/mol. The molecular formula is C12H17F3N2. The molecule has 0 saturated heterocycles. The molecule has 0 aliphatic rings. The minimum Gasteiger partial charge on any atom is -0.399 e. The number of nitrogen functional groups attached to an aromatic ring is 1. The van der Waals surface area contributed by atoms with Crippen LogP contribution in [0.25, 0.3) is 0 Å². The average Bonchev–Trinajstić information content (AvgIpc) is 2.25. The Kier molecular flexibility index (Phi) is 4.81. The Labute approximate surface area is 99.2 Å². The van der Waals surface area contributed by atoms with Gasteiger partial charge in [-0.2, -0.15) is 13.2 Å². The van der Waals surface area contributed by atoms with Crippen LogP contribution in [0.1, 0.15) is 18.9 Å². The van der Waals surface area contributed by atoms with Crippen LogP contribution in [0.2, 0.25) is 0 Å². The van der Waals surface area contributed by atoms with Crippen molar-refractivity contribution in [2.45, 2.75) is 26.1 Å². The largest absolute Gasteiger partial charge is 0.399 e. The van der Waals surface area contributed by atoms with Gasteiger partial charge in [-0.3, -0.25) is 4.90 Å². The van der Waals surface area contributed by atoms with Crippen molar-refractivity contribution in [3.05, 3.63) is 29.8 Å². The summed E-state index contributed by atoms with van der Waals surface area (Å²) in [6, 6.07) is 7.19. The number of nitrogens with zero attached hydrogens (tertiary/aromatic N) is 1. The highest BCUT2D eigenvalue weighted by Gasteiger charge is 2.27. The fraction of sp³-hybridized carbons (Fsp3) is 0.500. The summed E-state index contributed by atoms with van der Waals surface area (Å²) >= 11 is 0. The van der Waals surface area contributed by atoms with E-state index < -0.39 is 12.6 Å². The molecule has 0 aromatic heterocycles. The Bertz CT molecular complexity index is 333. The molecule has 0 radical (unpaired) electrons. The SMILES string of the molecule is CCN(CCC(F)(F)F)Cc1ccc(N)cc1. The van der Waals surface area contributed by atoms with Gasteiger partial charge in [0.15, 0.2) is 0 Å². The second-order valence-corrected chi connectivity index (χ2v) is 3.98. The van der Waals surface area contributed by atoms with E-state index in [0.29, 0.717) is 18.8 Å². The number of hydrogen-bond acceptors (Lipinski definition) is 2. The zero-order chi connectivity index (χ0) is 12.9. The Morgan fingerprint density at radius 1 is 1.18 bits per heavy atom. The highest BCUT2D eigenvalue weighted by molar-refractivity contribution is 5.39. The molecular weight excluding hydrogens is 229 g/mol. The summed E-state index contributed by atoms with van der Waals surface area (Å²) in [4.78, 5) is 1.76. The maximum Gasteiger partial charge on any atom is 0.390 e. The van der Waals surface area contributed by atoms with Gasteiger partial charge in [0.25, 0.3) is 0 Å². The van der Waals surface area contributed by atoms with Gasteiger partial charge in [-0.15, -0.1) is 0 Å². The molecule has 1 rings (SSSR count). The molecule has 0 saturated carbocycles. The van der Waals surface area contributed by atoms with Gasteiger partial charge < -0.3 is 5.73 Å². The first-order valence-electron chi connectivity index (χ1n) is 5.54. The van der Waals surface area contributed by atoms with Crippen LogP contribution in [0, 0.1) is 0 Å². The number of benzene rings is 1. The van der Waals surface area contributed by atoms with E-state index in [1.807, 2.05) is 19.1 Å². The molecule has 2 N–H and O–H groups in total. The smallest absolute Gasteiger partial charge is 0.390 e. The molecule has 96 valence electrons. The lowest BCUT2D eigenvalue weighted by Crippen LogP contribution is -2.27. The molecule has 0 aliphatic carbocycles. The first-order chi connectivity index (χ1) is 7.90. The lowest BCUT2D eigenvalue weighted by Gasteiger charge is -2.21. The third-order valence-corrected chi connectivity index (χ3v) is 2.54. The van der Waals surface area contributed by atoms with Gasteiger partial charge in [-0.1, -0.05) is 19.1 Å². The highest BCUT2D eigenvalue weighted by Crippen LogP contribution is 2.20. The van der Waals surface area contributed by atoms with Gasteiger partial charge in [-0.25, -0.2) is 0 Å². The molecule has 0 spiro atoms. The van der Waals surface area contributed by atoms with E-state index in [0.717, 1.165) is 5.56 Å². The molecule has 0 unspecified atom stereocenters. The predicted octanol–water partition coefficient (Wildman–Crippen LogP) is 3.04. The first-order valence-corrected chi connectivity index (χ1v) is 5.54. The van der Waals surface area contributed by atoms with Crippen molar-refractivity contribution < 1.29 is 13.2 Å². The van der Waals surface area contributed by atoms with Crippen LogP contribution in [0.3, 0.4) is 0 Å². The first kappa shape index (κ1) is 13.8. The lowest BCUT2D eigenvalue weighted by molar-refractivity contribution is -0.138. The van der Waals surface area contributed by atoms with E-state index in [1.54, 1.807) is 17.0 Å². The van der Waals surface area contributed by atoms with Crippen LogP contribution in [0.5, 0.6) is 0 Å². The molecule has 0 amide bonds. The lowest BCUT2D eigenvalue weighted by atomic mass is 10.2. The maximum atomic E-state index is 12.1. The second-order valence-electron chi connectivity index (χ2n) is 3.98. The molecule has 0 bridgehead atoms. The minimum atomic E-state index is -4.09. The Morgan fingerprint density at radius 2 is 1.76 bits per heavy atom. The molecule has 5 heteroatoms. The molecule has 0 heterocycles. The van der Waals surface area contributed by atoms with Crippen LogP contribution in [-0.4, -0.2) is 24.2 Å². The maximum absolute atomic E-state index is 12.1. The molecule has 1 aromatic carbocycles. The number of hydrogen-bond donors (Lipinski definition) is 1. The summed E-state index contributed by atoms with van der Waals surface area (Å²) in [7, 11) is 0. The van der Waals surface area contributed by atoms with Crippen molar-refractivity contribution in [3.8, 4) is 0 Å². The second kappa shape index (κ2) is 5.91. The van der Waals surface area contributed by atoms with E-state index in [2.05, 4.69) is 0 Å². The Balaban J connectivity index is 2.49. The Morgan fingerprint density at radius 3 is 2.24 bits per heavy atom. The molecule has 0 atom stereocenters.